The first kappa shape index (κ1) is 10.3. The Bertz CT molecular complexity index is 382. The lowest BCUT2D eigenvalue weighted by atomic mass is 9.78. The minimum Gasteiger partial charge on any atom is -0.294 e. The quantitative estimate of drug-likeness (QED) is 0.677. The van der Waals surface area contributed by atoms with E-state index in [2.05, 4.69) is 0 Å². The molecule has 2 rings (SSSR count). The van der Waals surface area contributed by atoms with Crippen molar-refractivity contribution in [2.45, 2.75) is 33.1 Å². The van der Waals surface area contributed by atoms with Gasteiger partial charge in [-0.1, -0.05) is 6.42 Å². The lowest BCUT2D eigenvalue weighted by molar-refractivity contribution is 0.0854. The zero-order valence-electron chi connectivity index (χ0n) is 9.14. The normalized spacial score (nSPS) is 16.2. The third kappa shape index (κ3) is 1.81. The van der Waals surface area contributed by atoms with Gasteiger partial charge < -0.3 is 0 Å². The van der Waals surface area contributed by atoms with Crippen LogP contribution in [0.2, 0.25) is 0 Å². The summed E-state index contributed by atoms with van der Waals surface area (Å²) in [5, 5.41) is 0. The van der Waals surface area contributed by atoms with E-state index in [1.54, 1.807) is 0 Å². The second kappa shape index (κ2) is 3.76. The van der Waals surface area contributed by atoms with E-state index in [4.69, 9.17) is 0 Å². The van der Waals surface area contributed by atoms with Gasteiger partial charge in [-0.25, -0.2) is 4.39 Å². The van der Waals surface area contributed by atoms with Crippen LogP contribution in [0, 0.1) is 25.6 Å². The van der Waals surface area contributed by atoms with Gasteiger partial charge in [0.1, 0.15) is 5.82 Å². The molecule has 0 saturated heterocycles. The van der Waals surface area contributed by atoms with Crippen molar-refractivity contribution in [3.8, 4) is 0 Å². The zero-order valence-corrected chi connectivity index (χ0v) is 9.14. The highest BCUT2D eigenvalue weighted by Crippen LogP contribution is 2.31. The Morgan fingerprint density at radius 3 is 2.20 bits per heavy atom. The fraction of sp³-hybridized carbons (Fsp3) is 0.462. The second-order valence-corrected chi connectivity index (χ2v) is 4.41. The molecule has 1 saturated carbocycles. The Labute approximate surface area is 89.3 Å². The molecule has 0 atom stereocenters. The van der Waals surface area contributed by atoms with E-state index in [9.17, 15) is 9.18 Å². The molecular formula is C13H15FO. The Balaban J connectivity index is 2.38. The summed E-state index contributed by atoms with van der Waals surface area (Å²) >= 11 is 0. The Morgan fingerprint density at radius 2 is 1.80 bits per heavy atom. The van der Waals surface area contributed by atoms with E-state index in [1.165, 1.54) is 12.1 Å². The molecule has 0 aliphatic heterocycles. The van der Waals surface area contributed by atoms with E-state index in [0.717, 1.165) is 36.0 Å². The maximum atomic E-state index is 13.1. The van der Waals surface area contributed by atoms with Gasteiger partial charge in [0.25, 0.3) is 0 Å². The maximum absolute atomic E-state index is 13.1. The van der Waals surface area contributed by atoms with Gasteiger partial charge in [-0.05, 0) is 49.9 Å². The summed E-state index contributed by atoms with van der Waals surface area (Å²) < 4.78 is 13.1. The number of hydrogen-bond acceptors (Lipinski definition) is 1. The minimum absolute atomic E-state index is 0.188. The van der Waals surface area contributed by atoms with Gasteiger partial charge in [-0.15, -0.1) is 0 Å². The first-order valence-electron chi connectivity index (χ1n) is 5.40. The highest BCUT2D eigenvalue weighted by atomic mass is 19.1. The standard InChI is InChI=1S/C13H15FO/c1-8-6-11(14)7-9(2)12(8)13(15)10-4-3-5-10/h6-7,10H,3-5H2,1-2H3. The van der Waals surface area contributed by atoms with Crippen LogP contribution in [0.3, 0.4) is 0 Å². The predicted octanol–water partition coefficient (Wildman–Crippen LogP) is 3.43. The number of hydrogen-bond donors (Lipinski definition) is 0. The first-order chi connectivity index (χ1) is 7.09. The Morgan fingerprint density at radius 1 is 1.27 bits per heavy atom. The van der Waals surface area contributed by atoms with Crippen molar-refractivity contribution >= 4 is 5.78 Å². The van der Waals surface area contributed by atoms with E-state index in [0.29, 0.717) is 0 Å². The van der Waals surface area contributed by atoms with Crippen molar-refractivity contribution in [1.82, 2.24) is 0 Å². The van der Waals surface area contributed by atoms with Crippen LogP contribution < -0.4 is 0 Å². The van der Waals surface area contributed by atoms with Crippen molar-refractivity contribution in [3.63, 3.8) is 0 Å². The summed E-state index contributed by atoms with van der Waals surface area (Å²) in [6.07, 6.45) is 3.14. The van der Waals surface area contributed by atoms with Crippen molar-refractivity contribution in [2.75, 3.05) is 0 Å². The van der Waals surface area contributed by atoms with E-state index in [-0.39, 0.29) is 17.5 Å². The van der Waals surface area contributed by atoms with Crippen molar-refractivity contribution < 1.29 is 9.18 Å². The molecule has 80 valence electrons. The molecule has 0 aromatic heterocycles. The Kier molecular flexibility index (Phi) is 2.59. The molecular weight excluding hydrogens is 191 g/mol. The van der Waals surface area contributed by atoms with Gasteiger partial charge in [0.05, 0.1) is 0 Å². The van der Waals surface area contributed by atoms with Gasteiger partial charge in [0.2, 0.25) is 0 Å². The van der Waals surface area contributed by atoms with Crippen LogP contribution in [0.25, 0.3) is 0 Å². The highest BCUT2D eigenvalue weighted by molar-refractivity contribution is 6.00. The van der Waals surface area contributed by atoms with Crippen LogP contribution in [-0.4, -0.2) is 5.78 Å². The zero-order chi connectivity index (χ0) is 11.0. The molecule has 0 bridgehead atoms. The van der Waals surface area contributed by atoms with E-state index >= 15 is 0 Å². The third-order valence-corrected chi connectivity index (χ3v) is 3.22. The molecule has 1 aliphatic rings. The summed E-state index contributed by atoms with van der Waals surface area (Å²) in [7, 11) is 0. The topological polar surface area (TPSA) is 17.1 Å². The number of rotatable bonds is 2. The maximum Gasteiger partial charge on any atom is 0.166 e. The predicted molar refractivity (Wildman–Crippen MR) is 57.5 cm³/mol. The van der Waals surface area contributed by atoms with Crippen molar-refractivity contribution in [2.24, 2.45) is 5.92 Å². The largest absolute Gasteiger partial charge is 0.294 e. The molecule has 0 heterocycles. The molecule has 0 N–H and O–H groups in total. The van der Waals surface area contributed by atoms with Gasteiger partial charge in [0, 0.05) is 11.5 Å². The van der Waals surface area contributed by atoms with Gasteiger partial charge >= 0.3 is 0 Å². The minimum atomic E-state index is -0.254. The summed E-state index contributed by atoms with van der Waals surface area (Å²) in [5.41, 5.74) is 2.27. The molecule has 0 radical (unpaired) electrons. The van der Waals surface area contributed by atoms with Crippen molar-refractivity contribution in [3.05, 3.63) is 34.6 Å². The molecule has 1 aromatic rings. The number of aryl methyl sites for hydroxylation is 2. The van der Waals surface area contributed by atoms with Crippen LogP contribution >= 0.6 is 0 Å². The van der Waals surface area contributed by atoms with Crippen LogP contribution in [0.1, 0.15) is 40.7 Å². The molecule has 0 spiro atoms. The molecule has 1 aromatic carbocycles. The van der Waals surface area contributed by atoms with Crippen LogP contribution in [0.15, 0.2) is 12.1 Å². The van der Waals surface area contributed by atoms with E-state index < -0.39 is 0 Å². The van der Waals surface area contributed by atoms with E-state index in [1.807, 2.05) is 13.8 Å². The van der Waals surface area contributed by atoms with Crippen LogP contribution in [0.5, 0.6) is 0 Å². The van der Waals surface area contributed by atoms with Gasteiger partial charge in [-0.2, -0.15) is 0 Å². The molecule has 1 nitrogen and oxygen atoms in total. The highest BCUT2D eigenvalue weighted by Gasteiger charge is 2.28. The van der Waals surface area contributed by atoms with Crippen LogP contribution in [0.4, 0.5) is 4.39 Å². The third-order valence-electron chi connectivity index (χ3n) is 3.22. The molecule has 1 fully saturated rings. The average molecular weight is 206 g/mol. The molecule has 2 heteroatoms. The number of halogens is 1. The summed E-state index contributed by atoms with van der Waals surface area (Å²) in [6.45, 7) is 3.62. The Hall–Kier alpha value is -1.18. The first-order valence-corrected chi connectivity index (χ1v) is 5.40. The number of benzene rings is 1. The summed E-state index contributed by atoms with van der Waals surface area (Å²) in [6, 6.07) is 2.89. The number of Topliss-reactive ketones (excluding diaryl/α,β-unsaturated/α-hetero) is 1. The average Bonchev–Trinajstić information content (AvgIpc) is 1.97. The number of ketones is 1. The van der Waals surface area contributed by atoms with Crippen molar-refractivity contribution in [1.29, 1.82) is 0 Å². The summed E-state index contributed by atoms with van der Waals surface area (Å²) in [5.74, 6) is 0.138. The smallest absolute Gasteiger partial charge is 0.166 e. The lowest BCUT2D eigenvalue weighted by Gasteiger charge is -2.25. The molecule has 0 amide bonds. The summed E-state index contributed by atoms with van der Waals surface area (Å²) in [4.78, 5) is 12.1. The van der Waals surface area contributed by atoms with Gasteiger partial charge in [-0.3, -0.25) is 4.79 Å². The monoisotopic (exact) mass is 206 g/mol. The molecule has 0 unspecified atom stereocenters. The van der Waals surface area contributed by atoms with Gasteiger partial charge in [0.15, 0.2) is 5.78 Å². The number of carbonyl (C=O) groups excluding carboxylic acids is 1. The number of carbonyl (C=O) groups is 1. The molecule has 1 aliphatic carbocycles. The lowest BCUT2D eigenvalue weighted by Crippen LogP contribution is -2.23. The fourth-order valence-corrected chi connectivity index (χ4v) is 2.17. The van der Waals surface area contributed by atoms with Crippen LogP contribution in [-0.2, 0) is 0 Å². The SMILES string of the molecule is Cc1cc(F)cc(C)c1C(=O)C1CCC1. The fourth-order valence-electron chi connectivity index (χ4n) is 2.17. The molecule has 15 heavy (non-hydrogen) atoms. The second-order valence-electron chi connectivity index (χ2n) is 4.41.